The van der Waals surface area contributed by atoms with Crippen LogP contribution in [0.2, 0.25) is 0 Å². The fourth-order valence-electron chi connectivity index (χ4n) is 2.64. The molecule has 0 radical (unpaired) electrons. The van der Waals surface area contributed by atoms with Crippen molar-refractivity contribution in [3.05, 3.63) is 83.6 Å². The van der Waals surface area contributed by atoms with Gasteiger partial charge in [-0.2, -0.15) is 0 Å². The second kappa shape index (κ2) is 8.81. The lowest BCUT2D eigenvalue weighted by molar-refractivity contribution is -0.118. The molecule has 0 aliphatic heterocycles. The molecule has 6 nitrogen and oxygen atoms in total. The predicted molar refractivity (Wildman–Crippen MR) is 109 cm³/mol. The summed E-state index contributed by atoms with van der Waals surface area (Å²) in [6.45, 7) is 3.59. The Kier molecular flexibility index (Phi) is 6.01. The van der Waals surface area contributed by atoms with Crippen molar-refractivity contribution >= 4 is 23.3 Å². The molecule has 0 saturated carbocycles. The van der Waals surface area contributed by atoms with Gasteiger partial charge in [-0.15, -0.1) is 0 Å². The van der Waals surface area contributed by atoms with Crippen LogP contribution >= 0.6 is 0 Å². The van der Waals surface area contributed by atoms with Crippen LogP contribution in [0.4, 0.5) is 11.5 Å². The smallest absolute Gasteiger partial charge is 0.262 e. The summed E-state index contributed by atoms with van der Waals surface area (Å²) in [6, 6.07) is 19.6. The van der Waals surface area contributed by atoms with Crippen molar-refractivity contribution in [3.8, 4) is 5.75 Å². The number of rotatable bonds is 6. The number of hydrogen-bond acceptors (Lipinski definition) is 4. The molecule has 6 heteroatoms. The molecule has 0 fully saturated rings. The number of benzene rings is 2. The predicted octanol–water partition coefficient (Wildman–Crippen LogP) is 3.97. The van der Waals surface area contributed by atoms with Gasteiger partial charge in [0.1, 0.15) is 11.6 Å². The largest absolute Gasteiger partial charge is 0.483 e. The number of pyridine rings is 1. The van der Waals surface area contributed by atoms with Gasteiger partial charge in [0.05, 0.1) is 5.56 Å². The van der Waals surface area contributed by atoms with Gasteiger partial charge < -0.3 is 15.4 Å². The van der Waals surface area contributed by atoms with Crippen molar-refractivity contribution in [2.45, 2.75) is 13.8 Å². The van der Waals surface area contributed by atoms with Gasteiger partial charge in [-0.1, -0.05) is 30.3 Å². The Morgan fingerprint density at radius 2 is 1.71 bits per heavy atom. The normalized spacial score (nSPS) is 10.2. The van der Waals surface area contributed by atoms with Crippen molar-refractivity contribution in [2.24, 2.45) is 0 Å². The number of amides is 2. The summed E-state index contributed by atoms with van der Waals surface area (Å²) in [4.78, 5) is 29.0. The van der Waals surface area contributed by atoms with Gasteiger partial charge in [-0.05, 0) is 55.8 Å². The summed E-state index contributed by atoms with van der Waals surface area (Å²) in [6.07, 6.45) is 0. The monoisotopic (exact) mass is 375 g/mol. The van der Waals surface area contributed by atoms with Crippen LogP contribution in [-0.2, 0) is 4.79 Å². The van der Waals surface area contributed by atoms with Crippen molar-refractivity contribution in [1.29, 1.82) is 0 Å². The number of aryl methyl sites for hydroxylation is 2. The Labute approximate surface area is 163 Å². The van der Waals surface area contributed by atoms with Crippen LogP contribution in [-0.4, -0.2) is 23.4 Å². The maximum absolute atomic E-state index is 12.6. The molecule has 0 atom stereocenters. The molecule has 0 saturated heterocycles. The first kappa shape index (κ1) is 19.1. The van der Waals surface area contributed by atoms with Gasteiger partial charge in [-0.3, -0.25) is 9.59 Å². The van der Waals surface area contributed by atoms with Crippen LogP contribution in [0, 0.1) is 13.8 Å². The van der Waals surface area contributed by atoms with E-state index in [0.29, 0.717) is 22.8 Å². The first-order valence-electron chi connectivity index (χ1n) is 8.84. The highest BCUT2D eigenvalue weighted by atomic mass is 16.5. The van der Waals surface area contributed by atoms with E-state index in [1.165, 1.54) is 0 Å². The molecule has 1 aromatic heterocycles. The van der Waals surface area contributed by atoms with Crippen molar-refractivity contribution in [2.75, 3.05) is 17.2 Å². The molecule has 0 aliphatic carbocycles. The minimum absolute atomic E-state index is 0.207. The van der Waals surface area contributed by atoms with Crippen LogP contribution in [0.15, 0.2) is 66.7 Å². The molecule has 28 heavy (non-hydrogen) atoms. The van der Waals surface area contributed by atoms with E-state index < -0.39 is 0 Å². The molecule has 3 rings (SSSR count). The number of anilines is 2. The van der Waals surface area contributed by atoms with Gasteiger partial charge in [0.2, 0.25) is 0 Å². The number of nitrogens with zero attached hydrogens (tertiary/aromatic N) is 1. The Bertz CT molecular complexity index is 1000. The summed E-state index contributed by atoms with van der Waals surface area (Å²) >= 11 is 0. The average Bonchev–Trinajstić information content (AvgIpc) is 2.66. The fraction of sp³-hybridized carbons (Fsp3) is 0.136. The standard InChI is InChI=1S/C22H21N3O3/c1-15-7-5-9-17(13-15)24-21(26)14-28-19-11-4-3-10-18(19)22(27)25-20-12-6-8-16(2)23-20/h3-13H,14H2,1-2H3,(H,24,26)(H,23,25,27). The van der Waals surface area contributed by atoms with Crippen LogP contribution in [0.3, 0.4) is 0 Å². The lowest BCUT2D eigenvalue weighted by Gasteiger charge is -2.12. The maximum atomic E-state index is 12.6. The lowest BCUT2D eigenvalue weighted by Crippen LogP contribution is -2.21. The summed E-state index contributed by atoms with van der Waals surface area (Å²) in [7, 11) is 0. The molecule has 1 heterocycles. The highest BCUT2D eigenvalue weighted by Gasteiger charge is 2.14. The second-order valence-electron chi connectivity index (χ2n) is 6.32. The molecule has 3 aromatic rings. The molecular weight excluding hydrogens is 354 g/mol. The number of ether oxygens (including phenoxy) is 1. The average molecular weight is 375 g/mol. The summed E-state index contributed by atoms with van der Waals surface area (Å²) in [5, 5.41) is 5.52. The Morgan fingerprint density at radius 1 is 0.929 bits per heavy atom. The number of carbonyl (C=O) groups is 2. The Balaban J connectivity index is 1.65. The maximum Gasteiger partial charge on any atom is 0.262 e. The van der Waals surface area contributed by atoms with E-state index in [2.05, 4.69) is 15.6 Å². The number of nitrogens with one attached hydrogen (secondary N) is 2. The highest BCUT2D eigenvalue weighted by Crippen LogP contribution is 2.19. The Hall–Kier alpha value is -3.67. The second-order valence-corrected chi connectivity index (χ2v) is 6.32. The first-order chi connectivity index (χ1) is 13.5. The van der Waals surface area contributed by atoms with Gasteiger partial charge >= 0.3 is 0 Å². The van der Waals surface area contributed by atoms with Crippen molar-refractivity contribution < 1.29 is 14.3 Å². The van der Waals surface area contributed by atoms with Gasteiger partial charge in [0.25, 0.3) is 11.8 Å². The van der Waals surface area contributed by atoms with E-state index in [-0.39, 0.29) is 18.4 Å². The number of carbonyl (C=O) groups excluding carboxylic acids is 2. The topological polar surface area (TPSA) is 80.3 Å². The molecule has 0 unspecified atom stereocenters. The SMILES string of the molecule is Cc1cccc(NC(=O)COc2ccccc2C(=O)Nc2cccc(C)n2)c1. The molecule has 0 spiro atoms. The minimum atomic E-state index is -0.354. The molecule has 2 amide bonds. The first-order valence-corrected chi connectivity index (χ1v) is 8.84. The van der Waals surface area contributed by atoms with Crippen LogP contribution in [0.5, 0.6) is 5.75 Å². The van der Waals surface area contributed by atoms with Crippen molar-refractivity contribution in [1.82, 2.24) is 4.98 Å². The zero-order valence-corrected chi connectivity index (χ0v) is 15.7. The van der Waals surface area contributed by atoms with E-state index >= 15 is 0 Å². The van der Waals surface area contributed by atoms with Gasteiger partial charge in [-0.25, -0.2) is 4.98 Å². The summed E-state index contributed by atoms with van der Waals surface area (Å²) in [5.74, 6) is 0.123. The molecule has 2 N–H and O–H groups in total. The quantitative estimate of drug-likeness (QED) is 0.683. The zero-order valence-electron chi connectivity index (χ0n) is 15.7. The molecule has 142 valence electrons. The minimum Gasteiger partial charge on any atom is -0.483 e. The summed E-state index contributed by atoms with van der Waals surface area (Å²) < 4.78 is 5.59. The van der Waals surface area contributed by atoms with E-state index in [1.54, 1.807) is 36.4 Å². The van der Waals surface area contributed by atoms with E-state index in [9.17, 15) is 9.59 Å². The third kappa shape index (κ3) is 5.17. The van der Waals surface area contributed by atoms with Crippen LogP contribution in [0.25, 0.3) is 0 Å². The number of para-hydroxylation sites is 1. The molecule has 2 aromatic carbocycles. The van der Waals surface area contributed by atoms with Gasteiger partial charge in [0, 0.05) is 11.4 Å². The Morgan fingerprint density at radius 3 is 2.50 bits per heavy atom. The third-order valence-electron chi connectivity index (χ3n) is 3.92. The summed E-state index contributed by atoms with van der Waals surface area (Å²) in [5.41, 5.74) is 2.87. The highest BCUT2D eigenvalue weighted by molar-refractivity contribution is 6.05. The zero-order chi connectivity index (χ0) is 19.9. The fourth-order valence-corrected chi connectivity index (χ4v) is 2.64. The molecule has 0 bridgehead atoms. The van der Waals surface area contributed by atoms with E-state index in [1.807, 2.05) is 44.2 Å². The van der Waals surface area contributed by atoms with Crippen LogP contribution in [0.1, 0.15) is 21.6 Å². The van der Waals surface area contributed by atoms with Gasteiger partial charge in [0.15, 0.2) is 6.61 Å². The number of hydrogen-bond donors (Lipinski definition) is 2. The van der Waals surface area contributed by atoms with E-state index in [0.717, 1.165) is 11.3 Å². The van der Waals surface area contributed by atoms with E-state index in [4.69, 9.17) is 4.74 Å². The number of aromatic nitrogens is 1. The van der Waals surface area contributed by atoms with Crippen molar-refractivity contribution in [3.63, 3.8) is 0 Å². The molecular formula is C22H21N3O3. The van der Waals surface area contributed by atoms with Crippen LogP contribution < -0.4 is 15.4 Å². The lowest BCUT2D eigenvalue weighted by atomic mass is 10.2. The molecule has 0 aliphatic rings. The third-order valence-corrected chi connectivity index (χ3v) is 3.92.